The first-order valence-corrected chi connectivity index (χ1v) is 11.8. The van der Waals surface area contributed by atoms with Crippen LogP contribution in [0.15, 0.2) is 65.8 Å². The molecule has 6 nitrogen and oxygen atoms in total. The fourth-order valence-electron chi connectivity index (χ4n) is 4.10. The van der Waals surface area contributed by atoms with Crippen LogP contribution in [0, 0.1) is 0 Å². The number of thiophene rings is 1. The third kappa shape index (κ3) is 4.41. The standard InChI is InChI=1S/C26H26N2O4S/c1-4-32-21-8-7-18(14-20(21)16(2)3)24(29)22-23(17-9-11-27-12-10-17)28(26(31)25(22)30)15-19-6-5-13-33-19/h5-14,16,23,29H,4,15H2,1-3H3/b24-22-. The Morgan fingerprint density at radius 3 is 2.58 bits per heavy atom. The third-order valence-corrected chi connectivity index (χ3v) is 6.53. The molecule has 3 aromatic rings. The van der Waals surface area contributed by atoms with E-state index < -0.39 is 17.7 Å². The molecule has 1 N–H and O–H groups in total. The van der Waals surface area contributed by atoms with Gasteiger partial charge < -0.3 is 14.7 Å². The number of benzene rings is 1. The number of carbonyl (C=O) groups is 2. The lowest BCUT2D eigenvalue weighted by atomic mass is 9.93. The largest absolute Gasteiger partial charge is 0.507 e. The van der Waals surface area contributed by atoms with Crippen molar-refractivity contribution >= 4 is 28.8 Å². The van der Waals surface area contributed by atoms with Gasteiger partial charge in [-0.1, -0.05) is 19.9 Å². The van der Waals surface area contributed by atoms with E-state index in [0.29, 0.717) is 12.2 Å². The molecule has 1 atom stereocenters. The second kappa shape index (κ2) is 9.58. The van der Waals surface area contributed by atoms with Crippen molar-refractivity contribution in [3.63, 3.8) is 0 Å². The third-order valence-electron chi connectivity index (χ3n) is 5.67. The predicted octanol–water partition coefficient (Wildman–Crippen LogP) is 5.29. The first-order chi connectivity index (χ1) is 15.9. The summed E-state index contributed by atoms with van der Waals surface area (Å²) in [6.45, 7) is 6.81. The number of amides is 1. The van der Waals surface area contributed by atoms with E-state index in [-0.39, 0.29) is 23.8 Å². The van der Waals surface area contributed by atoms with Gasteiger partial charge in [-0.2, -0.15) is 0 Å². The lowest BCUT2D eigenvalue weighted by Crippen LogP contribution is -2.28. The van der Waals surface area contributed by atoms with Crippen LogP contribution >= 0.6 is 11.3 Å². The molecule has 1 amide bonds. The number of nitrogens with zero attached hydrogens (tertiary/aromatic N) is 2. The van der Waals surface area contributed by atoms with E-state index in [1.54, 1.807) is 36.7 Å². The number of pyridine rings is 1. The summed E-state index contributed by atoms with van der Waals surface area (Å²) >= 11 is 1.52. The molecule has 1 unspecified atom stereocenters. The van der Waals surface area contributed by atoms with Crippen molar-refractivity contribution in [1.82, 2.24) is 9.88 Å². The van der Waals surface area contributed by atoms with E-state index in [2.05, 4.69) is 4.98 Å². The second-order valence-corrected chi connectivity index (χ2v) is 9.16. The number of hydrogen-bond acceptors (Lipinski definition) is 6. The predicted molar refractivity (Wildman–Crippen MR) is 128 cm³/mol. The summed E-state index contributed by atoms with van der Waals surface area (Å²) in [4.78, 5) is 32.8. The highest BCUT2D eigenvalue weighted by Gasteiger charge is 2.46. The van der Waals surface area contributed by atoms with E-state index in [1.807, 2.05) is 44.4 Å². The van der Waals surface area contributed by atoms with Crippen molar-refractivity contribution in [3.8, 4) is 5.75 Å². The van der Waals surface area contributed by atoms with Gasteiger partial charge in [0.2, 0.25) is 0 Å². The topological polar surface area (TPSA) is 79.7 Å². The van der Waals surface area contributed by atoms with E-state index in [9.17, 15) is 14.7 Å². The molecule has 1 saturated heterocycles. The van der Waals surface area contributed by atoms with Crippen molar-refractivity contribution in [3.05, 3.63) is 87.4 Å². The Labute approximate surface area is 197 Å². The summed E-state index contributed by atoms with van der Waals surface area (Å²) in [6.07, 6.45) is 3.24. The van der Waals surface area contributed by atoms with Gasteiger partial charge in [-0.25, -0.2) is 0 Å². The van der Waals surface area contributed by atoms with Crippen LogP contribution < -0.4 is 4.74 Å². The quantitative estimate of drug-likeness (QED) is 0.293. The molecular weight excluding hydrogens is 436 g/mol. The van der Waals surface area contributed by atoms with Gasteiger partial charge in [0.1, 0.15) is 11.5 Å². The molecule has 1 fully saturated rings. The minimum absolute atomic E-state index is 0.0848. The lowest BCUT2D eigenvalue weighted by molar-refractivity contribution is -0.140. The minimum atomic E-state index is -0.704. The molecule has 0 aliphatic carbocycles. The van der Waals surface area contributed by atoms with Gasteiger partial charge in [0.05, 0.1) is 24.8 Å². The molecule has 7 heteroatoms. The Bertz CT molecular complexity index is 1190. The molecule has 0 radical (unpaired) electrons. The van der Waals surface area contributed by atoms with E-state index in [1.165, 1.54) is 16.2 Å². The zero-order valence-electron chi connectivity index (χ0n) is 18.8. The smallest absolute Gasteiger partial charge is 0.295 e. The van der Waals surface area contributed by atoms with Crippen LogP contribution in [0.3, 0.4) is 0 Å². The number of rotatable bonds is 7. The second-order valence-electron chi connectivity index (χ2n) is 8.13. The van der Waals surface area contributed by atoms with Gasteiger partial charge in [-0.3, -0.25) is 14.6 Å². The van der Waals surface area contributed by atoms with E-state index in [4.69, 9.17) is 4.74 Å². The Morgan fingerprint density at radius 1 is 1.18 bits per heavy atom. The number of aliphatic hydroxyl groups is 1. The van der Waals surface area contributed by atoms with Gasteiger partial charge in [0.25, 0.3) is 11.7 Å². The molecule has 1 aliphatic rings. The van der Waals surface area contributed by atoms with Crippen molar-refractivity contribution in [2.75, 3.05) is 6.61 Å². The number of aliphatic hydroxyl groups excluding tert-OH is 1. The Hall–Kier alpha value is -3.45. The summed E-state index contributed by atoms with van der Waals surface area (Å²) in [7, 11) is 0. The average Bonchev–Trinajstić information content (AvgIpc) is 3.42. The number of Topliss-reactive ketones (excluding diaryl/α,β-unsaturated/α-hetero) is 1. The summed E-state index contributed by atoms with van der Waals surface area (Å²) in [5, 5.41) is 13.3. The van der Waals surface area contributed by atoms with Gasteiger partial charge >= 0.3 is 0 Å². The van der Waals surface area contributed by atoms with Crippen LogP contribution in [0.25, 0.3) is 5.76 Å². The number of ketones is 1. The normalized spacial score (nSPS) is 17.7. The molecule has 0 bridgehead atoms. The maximum absolute atomic E-state index is 13.2. The summed E-state index contributed by atoms with van der Waals surface area (Å²) in [5.74, 6) is -0.606. The average molecular weight is 463 g/mol. The highest BCUT2D eigenvalue weighted by atomic mass is 32.1. The van der Waals surface area contributed by atoms with Crippen LogP contribution in [-0.2, 0) is 16.1 Å². The maximum Gasteiger partial charge on any atom is 0.295 e. The van der Waals surface area contributed by atoms with Crippen molar-refractivity contribution < 1.29 is 19.4 Å². The number of hydrogen-bond donors (Lipinski definition) is 1. The SMILES string of the molecule is CCOc1ccc(/C(O)=C2/C(=O)C(=O)N(Cc3cccs3)C2c2ccncc2)cc1C(C)C. The molecule has 33 heavy (non-hydrogen) atoms. The van der Waals surface area contributed by atoms with Crippen molar-refractivity contribution in [2.24, 2.45) is 0 Å². The summed E-state index contributed by atoms with van der Waals surface area (Å²) < 4.78 is 5.73. The molecule has 1 aliphatic heterocycles. The summed E-state index contributed by atoms with van der Waals surface area (Å²) in [5.41, 5.74) is 2.21. The minimum Gasteiger partial charge on any atom is -0.507 e. The first kappa shape index (κ1) is 22.7. The molecule has 2 aromatic heterocycles. The zero-order chi connectivity index (χ0) is 23.5. The first-order valence-electron chi connectivity index (χ1n) is 10.9. The van der Waals surface area contributed by atoms with Crippen LogP contribution in [-0.4, -0.2) is 33.3 Å². The molecule has 0 saturated carbocycles. The van der Waals surface area contributed by atoms with Gasteiger partial charge in [-0.05, 0) is 65.7 Å². The number of aromatic nitrogens is 1. The molecule has 3 heterocycles. The number of carbonyl (C=O) groups excluding carboxylic acids is 2. The highest BCUT2D eigenvalue weighted by Crippen LogP contribution is 2.41. The fourth-order valence-corrected chi connectivity index (χ4v) is 4.80. The van der Waals surface area contributed by atoms with Crippen LogP contribution in [0.4, 0.5) is 0 Å². The molecule has 4 rings (SSSR count). The fraction of sp³-hybridized carbons (Fsp3) is 0.269. The highest BCUT2D eigenvalue weighted by molar-refractivity contribution is 7.09. The van der Waals surface area contributed by atoms with E-state index >= 15 is 0 Å². The molecule has 1 aromatic carbocycles. The van der Waals surface area contributed by atoms with Crippen molar-refractivity contribution in [1.29, 1.82) is 0 Å². The van der Waals surface area contributed by atoms with Crippen LogP contribution in [0.2, 0.25) is 0 Å². The molecular formula is C26H26N2O4S. The van der Waals surface area contributed by atoms with Gasteiger partial charge in [0, 0.05) is 22.8 Å². The van der Waals surface area contributed by atoms with Crippen molar-refractivity contribution in [2.45, 2.75) is 39.3 Å². The van der Waals surface area contributed by atoms with Gasteiger partial charge in [-0.15, -0.1) is 11.3 Å². The monoisotopic (exact) mass is 462 g/mol. The Kier molecular flexibility index (Phi) is 6.60. The van der Waals surface area contributed by atoms with E-state index in [0.717, 1.165) is 21.8 Å². The Balaban J connectivity index is 1.85. The zero-order valence-corrected chi connectivity index (χ0v) is 19.6. The number of likely N-dealkylation sites (tertiary alicyclic amines) is 1. The van der Waals surface area contributed by atoms with Crippen LogP contribution in [0.5, 0.6) is 5.75 Å². The molecule has 170 valence electrons. The van der Waals surface area contributed by atoms with Crippen LogP contribution in [0.1, 0.15) is 54.3 Å². The summed E-state index contributed by atoms with van der Waals surface area (Å²) in [6, 6.07) is 12.0. The lowest BCUT2D eigenvalue weighted by Gasteiger charge is -2.25. The number of ether oxygens (including phenoxy) is 1. The molecule has 0 spiro atoms. The van der Waals surface area contributed by atoms with Gasteiger partial charge in [0.15, 0.2) is 0 Å². The Morgan fingerprint density at radius 2 is 1.94 bits per heavy atom. The maximum atomic E-state index is 13.2.